The molecule has 1 aliphatic carbocycles. The molecule has 2 amide bonds. The van der Waals surface area contributed by atoms with Gasteiger partial charge in [0.05, 0.1) is 18.1 Å². The maximum absolute atomic E-state index is 12.6. The highest BCUT2D eigenvalue weighted by molar-refractivity contribution is 7.14. The van der Waals surface area contributed by atoms with Crippen molar-refractivity contribution >= 4 is 23.2 Å². The van der Waals surface area contributed by atoms with Gasteiger partial charge >= 0.3 is 0 Å². The molecular weight excluding hydrogens is 374 g/mol. The molecule has 7 heteroatoms. The van der Waals surface area contributed by atoms with Crippen molar-refractivity contribution in [1.82, 2.24) is 15.1 Å². The molecule has 3 heterocycles. The number of nitrogens with zero attached hydrogens (tertiary/aromatic N) is 2. The van der Waals surface area contributed by atoms with Gasteiger partial charge in [-0.05, 0) is 56.7 Å². The average Bonchev–Trinajstić information content (AvgIpc) is 3.40. The van der Waals surface area contributed by atoms with Crippen LogP contribution in [-0.4, -0.2) is 74.1 Å². The minimum absolute atomic E-state index is 0.0419. The molecular formula is C21H31N3O3S. The Kier molecular flexibility index (Phi) is 6.65. The van der Waals surface area contributed by atoms with Crippen molar-refractivity contribution in [2.24, 2.45) is 5.92 Å². The molecule has 0 saturated carbocycles. The molecule has 1 aromatic heterocycles. The van der Waals surface area contributed by atoms with Crippen molar-refractivity contribution in [3.8, 4) is 0 Å². The van der Waals surface area contributed by atoms with E-state index in [0.29, 0.717) is 0 Å². The van der Waals surface area contributed by atoms with E-state index in [0.717, 1.165) is 95.9 Å². The van der Waals surface area contributed by atoms with Crippen molar-refractivity contribution in [2.75, 3.05) is 52.5 Å². The molecule has 2 aliphatic heterocycles. The van der Waals surface area contributed by atoms with E-state index in [1.165, 1.54) is 10.4 Å². The summed E-state index contributed by atoms with van der Waals surface area (Å²) in [6.45, 7) is 7.16. The molecule has 3 aliphatic rings. The number of hydrogen-bond donors (Lipinski definition) is 1. The number of hydrogen-bond acceptors (Lipinski definition) is 5. The molecule has 1 N–H and O–H groups in total. The monoisotopic (exact) mass is 405 g/mol. The number of carbonyl (C=O) groups is 2. The van der Waals surface area contributed by atoms with Crippen LogP contribution in [0.1, 0.15) is 45.8 Å². The van der Waals surface area contributed by atoms with E-state index in [2.05, 4.69) is 16.3 Å². The van der Waals surface area contributed by atoms with Crippen LogP contribution in [0.15, 0.2) is 6.07 Å². The molecule has 1 aromatic rings. The Morgan fingerprint density at radius 2 is 1.96 bits per heavy atom. The molecule has 0 spiro atoms. The second-order valence-corrected chi connectivity index (χ2v) is 9.23. The zero-order valence-corrected chi connectivity index (χ0v) is 17.4. The number of carbonyl (C=O) groups excluding carboxylic acids is 2. The molecule has 154 valence electrons. The van der Waals surface area contributed by atoms with Gasteiger partial charge in [-0.2, -0.15) is 0 Å². The third kappa shape index (κ3) is 4.75. The van der Waals surface area contributed by atoms with Gasteiger partial charge < -0.3 is 15.0 Å². The van der Waals surface area contributed by atoms with Gasteiger partial charge in [-0.15, -0.1) is 11.3 Å². The zero-order chi connectivity index (χ0) is 19.3. The molecule has 2 saturated heterocycles. The number of likely N-dealkylation sites (tertiary alicyclic amines) is 1. The number of ether oxygens (including phenoxy) is 1. The van der Waals surface area contributed by atoms with Crippen LogP contribution in [-0.2, 0) is 22.4 Å². The van der Waals surface area contributed by atoms with Crippen molar-refractivity contribution in [2.45, 2.75) is 38.5 Å². The smallest absolute Gasteiger partial charge is 0.263 e. The van der Waals surface area contributed by atoms with Gasteiger partial charge in [0.15, 0.2) is 0 Å². The third-order valence-corrected chi connectivity index (χ3v) is 7.34. The lowest BCUT2D eigenvalue weighted by molar-refractivity contribution is -0.125. The maximum atomic E-state index is 12.6. The van der Waals surface area contributed by atoms with E-state index in [1.54, 1.807) is 11.3 Å². The average molecular weight is 406 g/mol. The minimum atomic E-state index is 0.0419. The van der Waals surface area contributed by atoms with Crippen molar-refractivity contribution in [3.05, 3.63) is 21.4 Å². The first-order chi connectivity index (χ1) is 13.7. The number of fused-ring (bicyclic) bond motifs is 1. The quantitative estimate of drug-likeness (QED) is 0.735. The topological polar surface area (TPSA) is 61.9 Å². The van der Waals surface area contributed by atoms with Crippen LogP contribution in [0.5, 0.6) is 0 Å². The number of nitrogens with one attached hydrogen (secondary N) is 1. The summed E-state index contributed by atoms with van der Waals surface area (Å²) >= 11 is 1.64. The predicted molar refractivity (Wildman–Crippen MR) is 110 cm³/mol. The molecule has 1 unspecified atom stereocenters. The SMILES string of the molecule is O=C(NCCCN1CCOCC1)C1CCc2sc(C(=O)N3CCCC3)cc2C1. The second kappa shape index (κ2) is 9.37. The molecule has 1 atom stereocenters. The Hall–Kier alpha value is -1.44. The van der Waals surface area contributed by atoms with Crippen LogP contribution in [0, 0.1) is 5.92 Å². The standard InChI is InChI=1S/C21H31N3O3S/c25-20(22-6-3-7-23-10-12-27-13-11-23)16-4-5-18-17(14-16)15-19(28-18)21(26)24-8-1-2-9-24/h15-16H,1-14H2,(H,22,25). The summed E-state index contributed by atoms with van der Waals surface area (Å²) in [7, 11) is 0. The normalized spacial score (nSPS) is 22.9. The molecule has 0 radical (unpaired) electrons. The fourth-order valence-electron chi connectivity index (χ4n) is 4.41. The summed E-state index contributed by atoms with van der Waals surface area (Å²) in [6.07, 6.45) is 5.79. The number of rotatable bonds is 6. The highest BCUT2D eigenvalue weighted by atomic mass is 32.1. The van der Waals surface area contributed by atoms with Gasteiger partial charge in [0.25, 0.3) is 5.91 Å². The van der Waals surface area contributed by atoms with Gasteiger partial charge in [0.2, 0.25) is 5.91 Å². The van der Waals surface area contributed by atoms with Gasteiger partial charge in [-0.25, -0.2) is 0 Å². The van der Waals surface area contributed by atoms with Crippen LogP contribution >= 0.6 is 11.3 Å². The molecule has 6 nitrogen and oxygen atoms in total. The number of thiophene rings is 1. The van der Waals surface area contributed by atoms with Gasteiger partial charge in [0.1, 0.15) is 0 Å². The Balaban J connectivity index is 1.24. The number of amides is 2. The summed E-state index contributed by atoms with van der Waals surface area (Å²) in [5.41, 5.74) is 1.22. The van der Waals surface area contributed by atoms with E-state index < -0.39 is 0 Å². The van der Waals surface area contributed by atoms with Crippen LogP contribution in [0.3, 0.4) is 0 Å². The predicted octanol–water partition coefficient (Wildman–Crippen LogP) is 1.93. The lowest BCUT2D eigenvalue weighted by Crippen LogP contribution is -2.39. The highest BCUT2D eigenvalue weighted by Gasteiger charge is 2.29. The third-order valence-electron chi connectivity index (χ3n) is 6.11. The first-order valence-corrected chi connectivity index (χ1v) is 11.5. The molecule has 28 heavy (non-hydrogen) atoms. The van der Waals surface area contributed by atoms with Crippen LogP contribution in [0.25, 0.3) is 0 Å². The molecule has 0 bridgehead atoms. The lowest BCUT2D eigenvalue weighted by atomic mass is 9.87. The van der Waals surface area contributed by atoms with E-state index >= 15 is 0 Å². The van der Waals surface area contributed by atoms with Gasteiger partial charge in [-0.1, -0.05) is 0 Å². The summed E-state index contributed by atoms with van der Waals surface area (Å²) < 4.78 is 5.36. The molecule has 0 aromatic carbocycles. The Morgan fingerprint density at radius 3 is 2.75 bits per heavy atom. The lowest BCUT2D eigenvalue weighted by Gasteiger charge is -2.26. The number of morpholine rings is 1. The Labute approximate surface area is 171 Å². The van der Waals surface area contributed by atoms with Crippen LogP contribution < -0.4 is 5.32 Å². The highest BCUT2D eigenvalue weighted by Crippen LogP contribution is 2.33. The first kappa shape index (κ1) is 19.9. The van der Waals surface area contributed by atoms with E-state index in [-0.39, 0.29) is 17.7 Å². The van der Waals surface area contributed by atoms with Gasteiger partial charge in [0, 0.05) is 43.5 Å². The van der Waals surface area contributed by atoms with Gasteiger partial charge in [-0.3, -0.25) is 14.5 Å². The second-order valence-electron chi connectivity index (χ2n) is 8.10. The Bertz CT molecular complexity index is 693. The largest absolute Gasteiger partial charge is 0.379 e. The van der Waals surface area contributed by atoms with Crippen molar-refractivity contribution in [3.63, 3.8) is 0 Å². The summed E-state index contributed by atoms with van der Waals surface area (Å²) in [4.78, 5) is 31.8. The summed E-state index contributed by atoms with van der Waals surface area (Å²) in [6, 6.07) is 2.05. The van der Waals surface area contributed by atoms with E-state index in [9.17, 15) is 9.59 Å². The fourth-order valence-corrected chi connectivity index (χ4v) is 5.59. The van der Waals surface area contributed by atoms with Crippen LogP contribution in [0.4, 0.5) is 0 Å². The maximum Gasteiger partial charge on any atom is 0.263 e. The van der Waals surface area contributed by atoms with Crippen LogP contribution in [0.2, 0.25) is 0 Å². The first-order valence-electron chi connectivity index (χ1n) is 10.7. The summed E-state index contributed by atoms with van der Waals surface area (Å²) in [5, 5.41) is 3.13. The van der Waals surface area contributed by atoms with E-state index in [4.69, 9.17) is 4.74 Å². The fraction of sp³-hybridized carbons (Fsp3) is 0.714. The molecule has 2 fully saturated rings. The summed E-state index contributed by atoms with van der Waals surface area (Å²) in [5.74, 6) is 0.396. The molecule has 4 rings (SSSR count). The van der Waals surface area contributed by atoms with Crippen molar-refractivity contribution in [1.29, 1.82) is 0 Å². The Morgan fingerprint density at radius 1 is 1.18 bits per heavy atom. The zero-order valence-electron chi connectivity index (χ0n) is 16.6. The number of aryl methyl sites for hydroxylation is 1. The van der Waals surface area contributed by atoms with Crippen molar-refractivity contribution < 1.29 is 14.3 Å². The minimum Gasteiger partial charge on any atom is -0.379 e. The van der Waals surface area contributed by atoms with E-state index in [1.807, 2.05) is 4.90 Å².